The topological polar surface area (TPSA) is 67.4 Å². The van der Waals surface area contributed by atoms with E-state index in [2.05, 4.69) is 35.0 Å². The van der Waals surface area contributed by atoms with Gasteiger partial charge in [-0.15, -0.1) is 0 Å². The molecule has 17 heavy (non-hydrogen) atoms. The van der Waals surface area contributed by atoms with Gasteiger partial charge in [0.15, 0.2) is 5.82 Å². The molecule has 0 fully saturated rings. The molecule has 2 heterocycles. The third-order valence-corrected chi connectivity index (χ3v) is 2.57. The molecule has 0 aliphatic carbocycles. The molecule has 0 aliphatic rings. The van der Waals surface area contributed by atoms with E-state index in [4.69, 9.17) is 5.26 Å². The smallest absolute Gasteiger partial charge is 0.174 e. The summed E-state index contributed by atoms with van der Waals surface area (Å²) < 4.78 is 1.74. The van der Waals surface area contributed by atoms with E-state index in [9.17, 15) is 0 Å². The van der Waals surface area contributed by atoms with Crippen molar-refractivity contribution < 1.29 is 0 Å². The standard InChI is InChI=1S/C12H13N5/c1-3-10-5-11(4-2)17(16-10)12-9(6-13)7-14-8-15-12/h5,7-8H,3-4H2,1-2H3. The Hall–Kier alpha value is -2.22. The summed E-state index contributed by atoms with van der Waals surface area (Å²) in [4.78, 5) is 7.99. The van der Waals surface area contributed by atoms with Gasteiger partial charge in [-0.1, -0.05) is 13.8 Å². The summed E-state index contributed by atoms with van der Waals surface area (Å²) >= 11 is 0. The summed E-state index contributed by atoms with van der Waals surface area (Å²) in [5.41, 5.74) is 2.49. The van der Waals surface area contributed by atoms with Gasteiger partial charge in [-0.25, -0.2) is 14.6 Å². The maximum Gasteiger partial charge on any atom is 0.174 e. The highest BCUT2D eigenvalue weighted by Crippen LogP contribution is 2.14. The minimum atomic E-state index is 0.438. The molecule has 0 saturated heterocycles. The van der Waals surface area contributed by atoms with E-state index < -0.39 is 0 Å². The normalized spacial score (nSPS) is 10.2. The predicted molar refractivity (Wildman–Crippen MR) is 62.6 cm³/mol. The molecule has 2 aromatic heterocycles. The van der Waals surface area contributed by atoms with E-state index in [1.165, 1.54) is 12.5 Å². The van der Waals surface area contributed by atoms with Crippen molar-refractivity contribution >= 4 is 0 Å². The lowest BCUT2D eigenvalue weighted by molar-refractivity contribution is 0.766. The van der Waals surface area contributed by atoms with E-state index >= 15 is 0 Å². The second-order valence-corrected chi connectivity index (χ2v) is 3.62. The van der Waals surface area contributed by atoms with Crippen LogP contribution >= 0.6 is 0 Å². The van der Waals surface area contributed by atoms with Gasteiger partial charge in [0.1, 0.15) is 18.0 Å². The largest absolute Gasteiger partial charge is 0.243 e. The SMILES string of the molecule is CCc1cc(CC)n(-c2ncncc2C#N)n1. The lowest BCUT2D eigenvalue weighted by Crippen LogP contribution is -2.06. The number of aromatic nitrogens is 4. The fourth-order valence-corrected chi connectivity index (χ4v) is 1.65. The lowest BCUT2D eigenvalue weighted by Gasteiger charge is -2.05. The van der Waals surface area contributed by atoms with Gasteiger partial charge in [-0.2, -0.15) is 10.4 Å². The average Bonchev–Trinajstić information content (AvgIpc) is 2.81. The van der Waals surface area contributed by atoms with Crippen LogP contribution in [0.15, 0.2) is 18.6 Å². The van der Waals surface area contributed by atoms with E-state index in [1.807, 2.05) is 6.07 Å². The zero-order valence-corrected chi connectivity index (χ0v) is 9.88. The van der Waals surface area contributed by atoms with Gasteiger partial charge in [0, 0.05) is 5.69 Å². The summed E-state index contributed by atoms with van der Waals surface area (Å²) in [6, 6.07) is 4.13. The number of hydrogen-bond donors (Lipinski definition) is 0. The number of nitrogens with zero attached hydrogens (tertiary/aromatic N) is 5. The van der Waals surface area contributed by atoms with Crippen LogP contribution < -0.4 is 0 Å². The Morgan fingerprint density at radius 3 is 2.82 bits per heavy atom. The molecular weight excluding hydrogens is 214 g/mol. The maximum absolute atomic E-state index is 9.04. The van der Waals surface area contributed by atoms with Gasteiger partial charge in [0.25, 0.3) is 0 Å². The van der Waals surface area contributed by atoms with Crippen LogP contribution in [-0.4, -0.2) is 19.7 Å². The zero-order chi connectivity index (χ0) is 12.3. The van der Waals surface area contributed by atoms with Crippen molar-refractivity contribution in [2.45, 2.75) is 26.7 Å². The Balaban J connectivity index is 2.60. The van der Waals surface area contributed by atoms with E-state index in [0.29, 0.717) is 11.4 Å². The molecule has 0 N–H and O–H groups in total. The Bertz CT molecular complexity index is 565. The van der Waals surface area contributed by atoms with Crippen molar-refractivity contribution in [3.8, 4) is 11.9 Å². The maximum atomic E-state index is 9.04. The molecule has 5 nitrogen and oxygen atoms in total. The van der Waals surface area contributed by atoms with Crippen molar-refractivity contribution in [1.29, 1.82) is 5.26 Å². The second kappa shape index (κ2) is 4.74. The Morgan fingerprint density at radius 1 is 1.35 bits per heavy atom. The molecule has 0 unspecified atom stereocenters. The highest BCUT2D eigenvalue weighted by Gasteiger charge is 2.12. The molecule has 0 radical (unpaired) electrons. The summed E-state index contributed by atoms with van der Waals surface area (Å²) in [5.74, 6) is 0.555. The summed E-state index contributed by atoms with van der Waals surface area (Å²) in [5, 5.41) is 13.5. The molecule has 0 spiro atoms. The van der Waals surface area contributed by atoms with Gasteiger partial charge in [-0.3, -0.25) is 0 Å². The quantitative estimate of drug-likeness (QED) is 0.799. The Morgan fingerprint density at radius 2 is 2.18 bits per heavy atom. The van der Waals surface area contributed by atoms with Crippen molar-refractivity contribution in [2.24, 2.45) is 0 Å². The summed E-state index contributed by atoms with van der Waals surface area (Å²) in [6.07, 6.45) is 4.66. The van der Waals surface area contributed by atoms with Gasteiger partial charge >= 0.3 is 0 Å². The number of rotatable bonds is 3. The van der Waals surface area contributed by atoms with Gasteiger partial charge in [-0.05, 0) is 18.9 Å². The Kier molecular flexibility index (Phi) is 3.15. The molecule has 0 aromatic carbocycles. The first-order valence-electron chi connectivity index (χ1n) is 5.58. The van der Waals surface area contributed by atoms with Crippen LogP contribution in [-0.2, 0) is 12.8 Å². The molecule has 2 aromatic rings. The van der Waals surface area contributed by atoms with Gasteiger partial charge in [0.2, 0.25) is 0 Å². The minimum absolute atomic E-state index is 0.438. The van der Waals surface area contributed by atoms with Crippen molar-refractivity contribution in [1.82, 2.24) is 19.7 Å². The van der Waals surface area contributed by atoms with E-state index in [-0.39, 0.29) is 0 Å². The van der Waals surface area contributed by atoms with Crippen molar-refractivity contribution in [3.05, 3.63) is 35.5 Å². The molecule has 0 amide bonds. The first-order valence-corrected chi connectivity index (χ1v) is 5.58. The van der Waals surface area contributed by atoms with Crippen LogP contribution in [0.5, 0.6) is 0 Å². The highest BCUT2D eigenvalue weighted by molar-refractivity contribution is 5.42. The van der Waals surface area contributed by atoms with Crippen LogP contribution in [0.2, 0.25) is 0 Å². The minimum Gasteiger partial charge on any atom is -0.243 e. The molecule has 86 valence electrons. The first-order chi connectivity index (χ1) is 8.30. The molecule has 0 atom stereocenters. The van der Waals surface area contributed by atoms with Crippen molar-refractivity contribution in [3.63, 3.8) is 0 Å². The van der Waals surface area contributed by atoms with Gasteiger partial charge in [0.05, 0.1) is 11.9 Å². The molecule has 2 rings (SSSR count). The van der Waals surface area contributed by atoms with E-state index in [0.717, 1.165) is 24.2 Å². The number of aryl methyl sites for hydroxylation is 2. The van der Waals surface area contributed by atoms with Crippen LogP contribution in [0.1, 0.15) is 30.8 Å². The number of nitriles is 1. The third kappa shape index (κ3) is 2.02. The Labute approximate surface area is 99.8 Å². The van der Waals surface area contributed by atoms with Crippen LogP contribution in [0.3, 0.4) is 0 Å². The summed E-state index contributed by atoms with van der Waals surface area (Å²) in [7, 11) is 0. The monoisotopic (exact) mass is 227 g/mol. The summed E-state index contributed by atoms with van der Waals surface area (Å²) in [6.45, 7) is 4.11. The molecular formula is C12H13N5. The molecule has 5 heteroatoms. The lowest BCUT2D eigenvalue weighted by atomic mass is 10.2. The van der Waals surface area contributed by atoms with Crippen molar-refractivity contribution in [2.75, 3.05) is 0 Å². The molecule has 0 bridgehead atoms. The van der Waals surface area contributed by atoms with E-state index in [1.54, 1.807) is 4.68 Å². The van der Waals surface area contributed by atoms with Crippen LogP contribution in [0, 0.1) is 11.3 Å². The average molecular weight is 227 g/mol. The number of hydrogen-bond acceptors (Lipinski definition) is 4. The van der Waals surface area contributed by atoms with Crippen LogP contribution in [0.4, 0.5) is 0 Å². The van der Waals surface area contributed by atoms with Crippen LogP contribution in [0.25, 0.3) is 5.82 Å². The zero-order valence-electron chi connectivity index (χ0n) is 9.88. The van der Waals surface area contributed by atoms with Gasteiger partial charge < -0.3 is 0 Å². The highest BCUT2D eigenvalue weighted by atomic mass is 15.3. The second-order valence-electron chi connectivity index (χ2n) is 3.62. The molecule has 0 saturated carbocycles. The molecule has 0 aliphatic heterocycles. The third-order valence-electron chi connectivity index (χ3n) is 2.57. The fraction of sp³-hybridized carbons (Fsp3) is 0.333. The predicted octanol–water partition coefficient (Wildman–Crippen LogP) is 1.66. The first kappa shape index (κ1) is 11.3. The fourth-order valence-electron chi connectivity index (χ4n) is 1.65.